The molecule has 1 amide bonds. The number of rotatable bonds is 9. The van der Waals surface area contributed by atoms with Crippen molar-refractivity contribution in [1.82, 2.24) is 5.32 Å². The van der Waals surface area contributed by atoms with Crippen LogP contribution in [-0.4, -0.2) is 39.8 Å². The van der Waals surface area contributed by atoms with Crippen LogP contribution in [0.5, 0.6) is 11.5 Å². The number of quaternary nitrogens is 1. The molecule has 0 radical (unpaired) electrons. The Hall–Kier alpha value is -2.24. The van der Waals surface area contributed by atoms with Gasteiger partial charge in [0, 0.05) is 11.6 Å². The summed E-state index contributed by atoms with van der Waals surface area (Å²) < 4.78 is 10.8. The number of benzene rings is 2. The Balaban J connectivity index is 1.64. The summed E-state index contributed by atoms with van der Waals surface area (Å²) in [5, 5.41) is 3.61. The minimum atomic E-state index is 0.0137. The fourth-order valence-electron chi connectivity index (χ4n) is 2.24. The molecule has 0 aromatic heterocycles. The van der Waals surface area contributed by atoms with E-state index in [1.807, 2.05) is 43.4 Å². The lowest BCUT2D eigenvalue weighted by Crippen LogP contribution is -3.10. The van der Waals surface area contributed by atoms with Gasteiger partial charge in [-0.2, -0.15) is 0 Å². The Morgan fingerprint density at radius 1 is 1.08 bits per heavy atom. The van der Waals surface area contributed by atoms with Crippen molar-refractivity contribution in [2.75, 3.05) is 33.9 Å². The largest absolute Gasteiger partial charge is 0.497 e. The van der Waals surface area contributed by atoms with Gasteiger partial charge in [-0.25, -0.2) is 0 Å². The number of methoxy groups -OCH3 is 1. The van der Waals surface area contributed by atoms with Gasteiger partial charge in [-0.05, 0) is 42.0 Å². The summed E-state index contributed by atoms with van der Waals surface area (Å²) in [7, 11) is 3.60. The fourth-order valence-corrected chi connectivity index (χ4v) is 2.37. The van der Waals surface area contributed by atoms with Crippen molar-refractivity contribution >= 4 is 17.5 Å². The van der Waals surface area contributed by atoms with Crippen LogP contribution in [0.25, 0.3) is 0 Å². The van der Waals surface area contributed by atoms with Gasteiger partial charge in [0.2, 0.25) is 0 Å². The normalized spacial score (nSPS) is 11.6. The monoisotopic (exact) mass is 363 g/mol. The molecule has 6 heteroatoms. The number of ether oxygens (including phenoxy) is 2. The van der Waals surface area contributed by atoms with E-state index in [-0.39, 0.29) is 5.91 Å². The van der Waals surface area contributed by atoms with Crippen molar-refractivity contribution in [3.05, 3.63) is 59.1 Å². The van der Waals surface area contributed by atoms with Crippen LogP contribution in [0, 0.1) is 0 Å². The quantitative estimate of drug-likeness (QED) is 0.711. The van der Waals surface area contributed by atoms with Gasteiger partial charge in [-0.3, -0.25) is 4.79 Å². The third-order valence-corrected chi connectivity index (χ3v) is 3.97. The lowest BCUT2D eigenvalue weighted by Gasteiger charge is -2.14. The molecular weight excluding hydrogens is 340 g/mol. The maximum absolute atomic E-state index is 12.0. The van der Waals surface area contributed by atoms with Crippen LogP contribution in [0.2, 0.25) is 5.02 Å². The predicted octanol–water partition coefficient (Wildman–Crippen LogP) is 1.56. The highest BCUT2D eigenvalue weighted by atomic mass is 35.5. The molecule has 2 rings (SSSR count). The van der Waals surface area contributed by atoms with E-state index in [0.29, 0.717) is 24.7 Å². The average Bonchev–Trinajstić information content (AvgIpc) is 2.62. The van der Waals surface area contributed by atoms with Crippen molar-refractivity contribution in [2.24, 2.45) is 0 Å². The maximum atomic E-state index is 12.0. The zero-order valence-corrected chi connectivity index (χ0v) is 15.3. The first-order chi connectivity index (χ1) is 12.1. The molecular formula is C19H24ClN2O3+. The highest BCUT2D eigenvalue weighted by Crippen LogP contribution is 2.15. The van der Waals surface area contributed by atoms with Crippen molar-refractivity contribution in [3.63, 3.8) is 0 Å². The summed E-state index contributed by atoms with van der Waals surface area (Å²) in [5.74, 6) is 1.60. The number of amides is 1. The van der Waals surface area contributed by atoms with E-state index in [4.69, 9.17) is 21.1 Å². The Bertz CT molecular complexity index is 659. The highest BCUT2D eigenvalue weighted by molar-refractivity contribution is 6.30. The standard InChI is InChI=1S/C19H23ClN2O3/c1-22(11-12-25-18-9-5-16(20)6-10-18)14-19(23)21-13-15-3-7-17(24-2)8-4-15/h3-10H,11-14H2,1-2H3,(H,21,23)/p+1. The number of likely N-dealkylation sites (N-methyl/N-ethyl adjacent to an activating group) is 1. The molecule has 0 saturated carbocycles. The molecule has 0 spiro atoms. The number of hydrogen-bond donors (Lipinski definition) is 2. The molecule has 25 heavy (non-hydrogen) atoms. The number of nitrogens with one attached hydrogen (secondary N) is 2. The van der Waals surface area contributed by atoms with Gasteiger partial charge >= 0.3 is 0 Å². The van der Waals surface area contributed by atoms with Crippen molar-refractivity contribution in [1.29, 1.82) is 0 Å². The molecule has 2 aromatic rings. The first-order valence-electron chi connectivity index (χ1n) is 8.16. The number of carbonyl (C=O) groups is 1. The van der Waals surface area contributed by atoms with Gasteiger partial charge in [0.1, 0.15) is 24.7 Å². The second-order valence-electron chi connectivity index (χ2n) is 5.81. The first-order valence-corrected chi connectivity index (χ1v) is 8.54. The Morgan fingerprint density at radius 2 is 1.72 bits per heavy atom. The van der Waals surface area contributed by atoms with Crippen LogP contribution in [0.3, 0.4) is 0 Å². The molecule has 1 atom stereocenters. The molecule has 1 unspecified atom stereocenters. The molecule has 0 heterocycles. The van der Waals surface area contributed by atoms with Gasteiger partial charge in [-0.1, -0.05) is 23.7 Å². The molecule has 2 N–H and O–H groups in total. The summed E-state index contributed by atoms with van der Waals surface area (Å²) >= 11 is 5.83. The number of carbonyl (C=O) groups excluding carboxylic acids is 1. The maximum Gasteiger partial charge on any atom is 0.275 e. The molecule has 0 saturated heterocycles. The lowest BCUT2D eigenvalue weighted by atomic mass is 10.2. The molecule has 0 fully saturated rings. The summed E-state index contributed by atoms with van der Waals surface area (Å²) in [5.41, 5.74) is 1.04. The van der Waals surface area contributed by atoms with Gasteiger partial charge in [0.05, 0.1) is 14.2 Å². The van der Waals surface area contributed by atoms with Crippen LogP contribution >= 0.6 is 11.6 Å². The second kappa shape index (κ2) is 9.91. The van der Waals surface area contributed by atoms with Gasteiger partial charge in [0.25, 0.3) is 5.91 Å². The molecule has 0 aliphatic heterocycles. The Kier molecular flexibility index (Phi) is 7.57. The van der Waals surface area contributed by atoms with Gasteiger partial charge < -0.3 is 19.7 Å². The third kappa shape index (κ3) is 7.03. The highest BCUT2D eigenvalue weighted by Gasteiger charge is 2.09. The second-order valence-corrected chi connectivity index (χ2v) is 6.25. The average molecular weight is 364 g/mol. The fraction of sp³-hybridized carbons (Fsp3) is 0.316. The SMILES string of the molecule is COc1ccc(CNC(=O)C[NH+](C)CCOc2ccc(Cl)cc2)cc1. The zero-order chi connectivity index (χ0) is 18.1. The van der Waals surface area contributed by atoms with Gasteiger partial charge in [0.15, 0.2) is 6.54 Å². The van der Waals surface area contributed by atoms with Crippen molar-refractivity contribution in [3.8, 4) is 11.5 Å². The first kappa shape index (κ1) is 19.1. The van der Waals surface area contributed by atoms with Crippen LogP contribution in [0.15, 0.2) is 48.5 Å². The number of hydrogen-bond acceptors (Lipinski definition) is 3. The molecule has 2 aromatic carbocycles. The van der Waals surface area contributed by atoms with E-state index in [1.165, 1.54) is 0 Å². The molecule has 5 nitrogen and oxygen atoms in total. The summed E-state index contributed by atoms with van der Waals surface area (Å²) in [6.07, 6.45) is 0. The topological polar surface area (TPSA) is 52.0 Å². The van der Waals surface area contributed by atoms with E-state index in [9.17, 15) is 4.79 Å². The Labute approximate surface area is 153 Å². The minimum Gasteiger partial charge on any atom is -0.497 e. The van der Waals surface area contributed by atoms with Crippen LogP contribution in [0.1, 0.15) is 5.56 Å². The summed E-state index contributed by atoms with van der Waals surface area (Å²) in [6, 6.07) is 14.9. The molecule has 134 valence electrons. The predicted molar refractivity (Wildman–Crippen MR) is 98.4 cm³/mol. The van der Waals surface area contributed by atoms with Crippen LogP contribution in [-0.2, 0) is 11.3 Å². The molecule has 0 bridgehead atoms. The van der Waals surface area contributed by atoms with Crippen molar-refractivity contribution in [2.45, 2.75) is 6.54 Å². The minimum absolute atomic E-state index is 0.0137. The van der Waals surface area contributed by atoms with Crippen LogP contribution < -0.4 is 19.7 Å². The van der Waals surface area contributed by atoms with Crippen LogP contribution in [0.4, 0.5) is 0 Å². The smallest absolute Gasteiger partial charge is 0.275 e. The van der Waals surface area contributed by atoms with Gasteiger partial charge in [-0.15, -0.1) is 0 Å². The molecule has 0 aliphatic rings. The lowest BCUT2D eigenvalue weighted by molar-refractivity contribution is -0.871. The van der Waals surface area contributed by atoms with E-state index in [0.717, 1.165) is 28.5 Å². The third-order valence-electron chi connectivity index (χ3n) is 3.72. The Morgan fingerprint density at radius 3 is 2.36 bits per heavy atom. The zero-order valence-electron chi connectivity index (χ0n) is 14.5. The number of halogens is 1. The van der Waals surface area contributed by atoms with Crippen molar-refractivity contribution < 1.29 is 19.2 Å². The summed E-state index contributed by atoms with van der Waals surface area (Å²) in [4.78, 5) is 13.1. The summed E-state index contributed by atoms with van der Waals surface area (Å²) in [6.45, 7) is 2.19. The van der Waals surface area contributed by atoms with E-state index in [1.54, 1.807) is 19.2 Å². The van der Waals surface area contributed by atoms with E-state index >= 15 is 0 Å². The molecule has 0 aliphatic carbocycles. The van der Waals surface area contributed by atoms with E-state index in [2.05, 4.69) is 5.32 Å². The van der Waals surface area contributed by atoms with E-state index < -0.39 is 0 Å².